The summed E-state index contributed by atoms with van der Waals surface area (Å²) in [6, 6.07) is 5.39. The van der Waals surface area contributed by atoms with Crippen molar-refractivity contribution in [3.05, 3.63) is 23.8 Å². The Morgan fingerprint density at radius 3 is 2.41 bits per heavy atom. The monoisotopic (exact) mass is 307 g/mol. The Labute approximate surface area is 129 Å². The van der Waals surface area contributed by atoms with Crippen molar-refractivity contribution in [2.24, 2.45) is 5.41 Å². The lowest BCUT2D eigenvalue weighted by atomic mass is 9.66. The molecule has 120 valence electrons. The normalized spacial score (nSPS) is 15.5. The van der Waals surface area contributed by atoms with Crippen LogP contribution < -0.4 is 14.8 Å². The third-order valence-electron chi connectivity index (χ3n) is 4.20. The topological polar surface area (TPSA) is 84.9 Å². The van der Waals surface area contributed by atoms with Crippen molar-refractivity contribution in [1.82, 2.24) is 5.32 Å². The van der Waals surface area contributed by atoms with Gasteiger partial charge in [-0.1, -0.05) is 12.5 Å². The van der Waals surface area contributed by atoms with Gasteiger partial charge in [-0.05, 0) is 30.5 Å². The van der Waals surface area contributed by atoms with Crippen LogP contribution in [0.2, 0.25) is 0 Å². The Hall–Kier alpha value is -2.24. The summed E-state index contributed by atoms with van der Waals surface area (Å²) in [5, 5.41) is 12.0. The first-order valence-electron chi connectivity index (χ1n) is 7.22. The summed E-state index contributed by atoms with van der Waals surface area (Å²) in [6.07, 6.45) is 2.06. The number of rotatable bonds is 7. The number of carboxylic acids is 1. The summed E-state index contributed by atoms with van der Waals surface area (Å²) >= 11 is 0. The quantitative estimate of drug-likeness (QED) is 0.804. The van der Waals surface area contributed by atoms with Crippen molar-refractivity contribution in [3.8, 4) is 11.5 Å². The predicted molar refractivity (Wildman–Crippen MR) is 79.9 cm³/mol. The van der Waals surface area contributed by atoms with Crippen LogP contribution in [0.5, 0.6) is 11.5 Å². The molecule has 0 spiro atoms. The van der Waals surface area contributed by atoms with E-state index in [1.807, 2.05) is 6.07 Å². The number of benzene rings is 1. The first-order valence-corrected chi connectivity index (χ1v) is 7.22. The van der Waals surface area contributed by atoms with Crippen LogP contribution in [0.3, 0.4) is 0 Å². The van der Waals surface area contributed by atoms with Crippen LogP contribution >= 0.6 is 0 Å². The minimum Gasteiger partial charge on any atom is -0.493 e. The Kier molecular flexibility index (Phi) is 4.90. The molecule has 1 aromatic rings. The fourth-order valence-corrected chi connectivity index (χ4v) is 2.63. The van der Waals surface area contributed by atoms with Gasteiger partial charge < -0.3 is 19.9 Å². The van der Waals surface area contributed by atoms with Crippen molar-refractivity contribution in [2.45, 2.75) is 32.2 Å². The molecule has 1 aromatic carbocycles. The maximum absolute atomic E-state index is 12.0. The highest BCUT2D eigenvalue weighted by molar-refractivity contribution is 5.85. The largest absolute Gasteiger partial charge is 0.493 e. The second-order valence-corrected chi connectivity index (χ2v) is 5.58. The maximum atomic E-state index is 12.0. The number of carbonyl (C=O) groups excluding carboxylic acids is 1. The molecule has 0 aromatic heterocycles. The van der Waals surface area contributed by atoms with Gasteiger partial charge in [-0.15, -0.1) is 0 Å². The minimum absolute atomic E-state index is 0.0373. The number of methoxy groups -OCH3 is 2. The van der Waals surface area contributed by atoms with Gasteiger partial charge >= 0.3 is 5.97 Å². The van der Waals surface area contributed by atoms with Gasteiger partial charge in [-0.25, -0.2) is 0 Å². The van der Waals surface area contributed by atoms with Crippen molar-refractivity contribution in [3.63, 3.8) is 0 Å². The zero-order chi connectivity index (χ0) is 16.2. The zero-order valence-corrected chi connectivity index (χ0v) is 12.8. The second-order valence-electron chi connectivity index (χ2n) is 5.58. The van der Waals surface area contributed by atoms with E-state index < -0.39 is 11.4 Å². The van der Waals surface area contributed by atoms with Crippen molar-refractivity contribution in [1.29, 1.82) is 0 Å². The van der Waals surface area contributed by atoms with Gasteiger partial charge in [0.2, 0.25) is 5.91 Å². The molecule has 1 fully saturated rings. The summed E-state index contributed by atoms with van der Waals surface area (Å²) in [4.78, 5) is 23.2. The lowest BCUT2D eigenvalue weighted by molar-refractivity contribution is -0.157. The molecule has 0 unspecified atom stereocenters. The van der Waals surface area contributed by atoms with Crippen LogP contribution in [0.15, 0.2) is 18.2 Å². The lowest BCUT2D eigenvalue weighted by Gasteiger charge is -2.36. The molecule has 2 N–H and O–H groups in total. The van der Waals surface area contributed by atoms with E-state index in [2.05, 4.69) is 5.32 Å². The third-order valence-corrected chi connectivity index (χ3v) is 4.20. The van der Waals surface area contributed by atoms with E-state index in [0.717, 1.165) is 12.0 Å². The fourth-order valence-electron chi connectivity index (χ4n) is 2.63. The highest BCUT2D eigenvalue weighted by Gasteiger charge is 2.45. The van der Waals surface area contributed by atoms with Gasteiger partial charge in [0.1, 0.15) is 0 Å². The average Bonchev–Trinajstić information content (AvgIpc) is 2.48. The van der Waals surface area contributed by atoms with Crippen molar-refractivity contribution >= 4 is 11.9 Å². The predicted octanol–water partition coefficient (Wildman–Crippen LogP) is 1.96. The van der Waals surface area contributed by atoms with Gasteiger partial charge in [-0.3, -0.25) is 9.59 Å². The Bertz CT molecular complexity index is 566. The molecule has 2 rings (SSSR count). The van der Waals surface area contributed by atoms with Crippen molar-refractivity contribution < 1.29 is 24.2 Å². The standard InChI is InChI=1S/C16H21NO5/c1-21-12-5-4-11(8-13(12)22-2)10-17-14(18)9-16(15(19)20)6-3-7-16/h4-5,8H,3,6-7,9-10H2,1-2H3,(H,17,18)(H,19,20). The lowest BCUT2D eigenvalue weighted by Crippen LogP contribution is -2.42. The van der Waals surface area contributed by atoms with Crippen molar-refractivity contribution in [2.75, 3.05) is 14.2 Å². The summed E-state index contributed by atoms with van der Waals surface area (Å²) in [5.74, 6) is 0.101. The molecule has 1 saturated carbocycles. The van der Waals surface area contributed by atoms with E-state index >= 15 is 0 Å². The number of aliphatic carboxylic acids is 1. The molecule has 1 amide bonds. The van der Waals surface area contributed by atoms with Crippen LogP contribution in [0.25, 0.3) is 0 Å². The molecule has 1 aliphatic rings. The minimum atomic E-state index is -0.875. The van der Waals surface area contributed by atoms with Crippen LogP contribution in [0.4, 0.5) is 0 Å². The number of ether oxygens (including phenoxy) is 2. The van der Waals surface area contributed by atoms with Gasteiger partial charge in [0.25, 0.3) is 0 Å². The van der Waals surface area contributed by atoms with Gasteiger partial charge in [0.05, 0.1) is 19.6 Å². The summed E-state index contributed by atoms with van der Waals surface area (Å²) < 4.78 is 10.4. The van der Waals surface area contributed by atoms with Gasteiger partial charge in [0, 0.05) is 13.0 Å². The number of hydrogen-bond acceptors (Lipinski definition) is 4. The molecule has 0 aliphatic heterocycles. The molecule has 0 atom stereocenters. The highest BCUT2D eigenvalue weighted by Crippen LogP contribution is 2.44. The van der Waals surface area contributed by atoms with E-state index in [1.54, 1.807) is 26.4 Å². The number of nitrogens with one attached hydrogen (secondary N) is 1. The molecule has 22 heavy (non-hydrogen) atoms. The van der Waals surface area contributed by atoms with E-state index in [0.29, 0.717) is 30.9 Å². The molecule has 6 nitrogen and oxygen atoms in total. The van der Waals surface area contributed by atoms with Gasteiger partial charge in [0.15, 0.2) is 11.5 Å². The number of amides is 1. The van der Waals surface area contributed by atoms with Crippen LogP contribution in [0.1, 0.15) is 31.2 Å². The first-order chi connectivity index (χ1) is 10.5. The Morgan fingerprint density at radius 2 is 1.91 bits per heavy atom. The molecule has 0 heterocycles. The first kappa shape index (κ1) is 16.1. The molecular weight excluding hydrogens is 286 g/mol. The SMILES string of the molecule is COc1ccc(CNC(=O)CC2(C(=O)O)CCC2)cc1OC. The summed E-state index contributed by atoms with van der Waals surface area (Å²) in [5.41, 5.74) is 0.00536. The summed E-state index contributed by atoms with van der Waals surface area (Å²) in [7, 11) is 3.11. The molecular formula is C16H21NO5. The second kappa shape index (κ2) is 6.68. The smallest absolute Gasteiger partial charge is 0.310 e. The number of carboxylic acid groups (broad SMARTS) is 1. The molecule has 1 aliphatic carbocycles. The van der Waals surface area contributed by atoms with E-state index in [-0.39, 0.29) is 12.3 Å². The molecule has 0 saturated heterocycles. The van der Waals surface area contributed by atoms with E-state index in [9.17, 15) is 14.7 Å². The zero-order valence-electron chi connectivity index (χ0n) is 12.8. The van der Waals surface area contributed by atoms with E-state index in [1.165, 1.54) is 0 Å². The molecule has 0 bridgehead atoms. The molecule has 0 radical (unpaired) electrons. The van der Waals surface area contributed by atoms with E-state index in [4.69, 9.17) is 9.47 Å². The average molecular weight is 307 g/mol. The van der Waals surface area contributed by atoms with Crippen LogP contribution in [0, 0.1) is 5.41 Å². The molecule has 6 heteroatoms. The summed E-state index contributed by atoms with van der Waals surface area (Å²) in [6.45, 7) is 0.328. The van der Waals surface area contributed by atoms with Crippen LogP contribution in [-0.2, 0) is 16.1 Å². The number of carbonyl (C=O) groups is 2. The number of hydrogen-bond donors (Lipinski definition) is 2. The Morgan fingerprint density at radius 1 is 1.23 bits per heavy atom. The fraction of sp³-hybridized carbons (Fsp3) is 0.500. The third kappa shape index (κ3) is 3.32. The maximum Gasteiger partial charge on any atom is 0.310 e. The van der Waals surface area contributed by atoms with Gasteiger partial charge in [-0.2, -0.15) is 0 Å². The highest BCUT2D eigenvalue weighted by atomic mass is 16.5. The Balaban J connectivity index is 1.92. The van der Waals surface area contributed by atoms with Crippen LogP contribution in [-0.4, -0.2) is 31.2 Å².